The van der Waals surface area contributed by atoms with Crippen molar-refractivity contribution in [1.29, 1.82) is 0 Å². The lowest BCUT2D eigenvalue weighted by atomic mass is 10.1. The van der Waals surface area contributed by atoms with Gasteiger partial charge in [-0.1, -0.05) is 48.0 Å². The zero-order valence-corrected chi connectivity index (χ0v) is 18.4. The average molecular weight is 463 g/mol. The molecule has 5 aromatic rings. The van der Waals surface area contributed by atoms with E-state index in [1.165, 1.54) is 0 Å². The summed E-state index contributed by atoms with van der Waals surface area (Å²) in [7, 11) is 0. The standard InChI is InChI=1S/C22H15ClN6S2/c23-17-10-8-15(9-11-17)20-16(14-28(27-20)18-5-2-1-3-6-18)13-24-29-21(25-26-22(29)30)19-7-4-12-31-19/h1-14H,(H,26,30)/b24-13+. The van der Waals surface area contributed by atoms with Crippen LogP contribution in [0.15, 0.2) is 83.4 Å². The number of thiophene rings is 1. The molecule has 31 heavy (non-hydrogen) atoms. The lowest BCUT2D eigenvalue weighted by molar-refractivity contribution is 0.873. The van der Waals surface area contributed by atoms with Gasteiger partial charge in [0.05, 0.1) is 16.8 Å². The maximum absolute atomic E-state index is 6.08. The number of nitrogens with zero attached hydrogens (tertiary/aromatic N) is 5. The SMILES string of the molecule is S=c1[nH]nc(-c2cccs2)n1/N=C/c1cn(-c2ccccc2)nc1-c1ccc(Cl)cc1. The second-order valence-corrected chi connectivity index (χ2v) is 8.38. The minimum atomic E-state index is 0.420. The summed E-state index contributed by atoms with van der Waals surface area (Å²) in [5, 5.41) is 19.2. The molecular weight excluding hydrogens is 448 g/mol. The van der Waals surface area contributed by atoms with Gasteiger partial charge in [-0.15, -0.1) is 11.3 Å². The van der Waals surface area contributed by atoms with Gasteiger partial charge in [-0.25, -0.2) is 9.78 Å². The number of aromatic amines is 1. The van der Waals surface area contributed by atoms with E-state index in [1.54, 1.807) is 22.2 Å². The molecule has 0 aliphatic heterocycles. The molecule has 3 heterocycles. The normalized spacial score (nSPS) is 11.4. The fourth-order valence-electron chi connectivity index (χ4n) is 3.11. The van der Waals surface area contributed by atoms with E-state index in [0.29, 0.717) is 15.6 Å². The van der Waals surface area contributed by atoms with E-state index in [4.69, 9.17) is 28.9 Å². The molecule has 5 rings (SSSR count). The molecule has 0 atom stereocenters. The molecule has 0 spiro atoms. The monoisotopic (exact) mass is 462 g/mol. The van der Waals surface area contributed by atoms with Crippen LogP contribution in [-0.2, 0) is 0 Å². The maximum Gasteiger partial charge on any atom is 0.216 e. The Bertz CT molecular complexity index is 1400. The zero-order valence-electron chi connectivity index (χ0n) is 16.0. The van der Waals surface area contributed by atoms with E-state index in [0.717, 1.165) is 27.4 Å². The third-order valence-electron chi connectivity index (χ3n) is 4.59. The van der Waals surface area contributed by atoms with Gasteiger partial charge in [0.25, 0.3) is 0 Å². The summed E-state index contributed by atoms with van der Waals surface area (Å²) in [6.07, 6.45) is 3.69. The molecule has 0 bridgehead atoms. The van der Waals surface area contributed by atoms with Gasteiger partial charge in [-0.05, 0) is 47.9 Å². The summed E-state index contributed by atoms with van der Waals surface area (Å²) in [5.74, 6) is 0.666. The first kappa shape index (κ1) is 19.6. The number of benzene rings is 2. The van der Waals surface area contributed by atoms with Gasteiger partial charge in [0.15, 0.2) is 5.82 Å². The molecule has 152 valence electrons. The van der Waals surface area contributed by atoms with Gasteiger partial charge >= 0.3 is 0 Å². The molecule has 0 radical (unpaired) electrons. The number of rotatable bonds is 5. The Hall–Kier alpha value is -3.33. The van der Waals surface area contributed by atoms with Gasteiger partial charge < -0.3 is 0 Å². The number of H-pyrrole nitrogens is 1. The second kappa shape index (κ2) is 8.43. The van der Waals surface area contributed by atoms with Crippen molar-refractivity contribution >= 4 is 41.4 Å². The van der Waals surface area contributed by atoms with Crippen molar-refractivity contribution < 1.29 is 0 Å². The first-order valence-electron chi connectivity index (χ1n) is 9.36. The lowest BCUT2D eigenvalue weighted by Crippen LogP contribution is -1.94. The third kappa shape index (κ3) is 4.00. The zero-order chi connectivity index (χ0) is 21.2. The van der Waals surface area contributed by atoms with Crippen LogP contribution in [0.2, 0.25) is 5.02 Å². The molecule has 0 fully saturated rings. The van der Waals surface area contributed by atoms with Crippen LogP contribution in [0.1, 0.15) is 5.56 Å². The van der Waals surface area contributed by atoms with Crippen molar-refractivity contribution in [1.82, 2.24) is 24.7 Å². The number of para-hydroxylation sites is 1. The highest BCUT2D eigenvalue weighted by Crippen LogP contribution is 2.25. The Morgan fingerprint density at radius 2 is 1.84 bits per heavy atom. The first-order valence-corrected chi connectivity index (χ1v) is 11.0. The van der Waals surface area contributed by atoms with E-state index in [2.05, 4.69) is 15.3 Å². The number of halogens is 1. The third-order valence-corrected chi connectivity index (χ3v) is 5.97. The van der Waals surface area contributed by atoms with Crippen molar-refractivity contribution in [3.63, 3.8) is 0 Å². The minimum Gasteiger partial charge on any atom is -0.250 e. The van der Waals surface area contributed by atoms with Crippen LogP contribution in [-0.4, -0.2) is 30.9 Å². The summed E-state index contributed by atoms with van der Waals surface area (Å²) in [6, 6.07) is 21.5. The smallest absolute Gasteiger partial charge is 0.216 e. The summed E-state index contributed by atoms with van der Waals surface area (Å²) >= 11 is 13.0. The Morgan fingerprint density at radius 3 is 2.58 bits per heavy atom. The molecule has 0 aliphatic carbocycles. The van der Waals surface area contributed by atoms with Gasteiger partial charge in [0.2, 0.25) is 4.77 Å². The van der Waals surface area contributed by atoms with E-state index in [-0.39, 0.29) is 0 Å². The van der Waals surface area contributed by atoms with Crippen LogP contribution in [0.25, 0.3) is 27.6 Å². The molecule has 0 amide bonds. The molecule has 1 N–H and O–H groups in total. The highest BCUT2D eigenvalue weighted by Gasteiger charge is 2.13. The Morgan fingerprint density at radius 1 is 1.03 bits per heavy atom. The van der Waals surface area contributed by atoms with Crippen LogP contribution >= 0.6 is 35.2 Å². The van der Waals surface area contributed by atoms with Crippen molar-refractivity contribution in [3.8, 4) is 27.6 Å². The second-order valence-electron chi connectivity index (χ2n) is 6.61. The van der Waals surface area contributed by atoms with Crippen LogP contribution in [0.3, 0.4) is 0 Å². The highest BCUT2D eigenvalue weighted by atomic mass is 35.5. The number of hydrogen-bond acceptors (Lipinski definition) is 5. The van der Waals surface area contributed by atoms with E-state index in [9.17, 15) is 0 Å². The predicted octanol–water partition coefficient (Wildman–Crippen LogP) is 6.06. The number of hydrogen-bond donors (Lipinski definition) is 1. The minimum absolute atomic E-state index is 0.420. The summed E-state index contributed by atoms with van der Waals surface area (Å²) in [5.41, 5.74) is 3.52. The highest BCUT2D eigenvalue weighted by molar-refractivity contribution is 7.71. The molecular formula is C22H15ClN6S2. The van der Waals surface area contributed by atoms with Crippen molar-refractivity contribution in [3.05, 3.63) is 93.7 Å². The Balaban J connectivity index is 1.60. The molecule has 3 aromatic heterocycles. The molecule has 2 aromatic carbocycles. The van der Waals surface area contributed by atoms with Crippen LogP contribution in [0.5, 0.6) is 0 Å². The van der Waals surface area contributed by atoms with Crippen molar-refractivity contribution in [2.75, 3.05) is 0 Å². The fourth-order valence-corrected chi connectivity index (χ4v) is 4.11. The Kier molecular flexibility index (Phi) is 5.33. The largest absolute Gasteiger partial charge is 0.250 e. The number of nitrogens with one attached hydrogen (secondary N) is 1. The topological polar surface area (TPSA) is 63.8 Å². The maximum atomic E-state index is 6.08. The van der Waals surface area contributed by atoms with Gasteiger partial charge in [-0.3, -0.25) is 0 Å². The van der Waals surface area contributed by atoms with E-state index >= 15 is 0 Å². The fraction of sp³-hybridized carbons (Fsp3) is 0. The average Bonchev–Trinajstić information content (AvgIpc) is 3.54. The lowest BCUT2D eigenvalue weighted by Gasteiger charge is -2.01. The first-order chi connectivity index (χ1) is 15.2. The molecule has 0 saturated carbocycles. The van der Waals surface area contributed by atoms with Crippen molar-refractivity contribution in [2.24, 2.45) is 5.10 Å². The van der Waals surface area contributed by atoms with Crippen LogP contribution < -0.4 is 0 Å². The molecule has 0 aliphatic rings. The summed E-state index contributed by atoms with van der Waals surface area (Å²) in [6.45, 7) is 0. The van der Waals surface area contributed by atoms with E-state index < -0.39 is 0 Å². The molecule has 6 nitrogen and oxygen atoms in total. The molecule has 9 heteroatoms. The summed E-state index contributed by atoms with van der Waals surface area (Å²) < 4.78 is 3.87. The van der Waals surface area contributed by atoms with Gasteiger partial charge in [0, 0.05) is 22.3 Å². The van der Waals surface area contributed by atoms with E-state index in [1.807, 2.05) is 83.0 Å². The molecule has 0 saturated heterocycles. The molecule has 0 unspecified atom stereocenters. The Labute approximate surface area is 192 Å². The van der Waals surface area contributed by atoms with Crippen LogP contribution in [0, 0.1) is 4.77 Å². The summed E-state index contributed by atoms with van der Waals surface area (Å²) in [4.78, 5) is 0.974. The predicted molar refractivity (Wildman–Crippen MR) is 128 cm³/mol. The van der Waals surface area contributed by atoms with Gasteiger partial charge in [-0.2, -0.15) is 20.0 Å². The number of aromatic nitrogens is 5. The van der Waals surface area contributed by atoms with Gasteiger partial charge in [0.1, 0.15) is 5.69 Å². The van der Waals surface area contributed by atoms with Crippen LogP contribution in [0.4, 0.5) is 0 Å². The van der Waals surface area contributed by atoms with Crippen molar-refractivity contribution in [2.45, 2.75) is 0 Å². The quantitative estimate of drug-likeness (QED) is 0.255.